The third-order valence-electron chi connectivity index (χ3n) is 3.39. The summed E-state index contributed by atoms with van der Waals surface area (Å²) in [6.07, 6.45) is 1.61. The molecule has 1 heterocycles. The smallest absolute Gasteiger partial charge is 0.280 e. The molecule has 0 saturated heterocycles. The number of aromatic amines is 1. The van der Waals surface area contributed by atoms with E-state index >= 15 is 0 Å². The molecule has 3 rings (SSSR count). The van der Waals surface area contributed by atoms with Gasteiger partial charge < -0.3 is 0 Å². The summed E-state index contributed by atoms with van der Waals surface area (Å²) in [5.41, 5.74) is 2.74. The van der Waals surface area contributed by atoms with Crippen molar-refractivity contribution in [2.75, 3.05) is 0 Å². The molecule has 1 N–H and O–H groups in total. The molecule has 3 aromatic rings. The Morgan fingerprint density at radius 3 is 2.57 bits per heavy atom. The van der Waals surface area contributed by atoms with Crippen molar-refractivity contribution in [2.24, 2.45) is 4.99 Å². The number of benzene rings is 2. The topological polar surface area (TPSA) is 50.1 Å². The summed E-state index contributed by atoms with van der Waals surface area (Å²) in [5.74, 6) is 0. The summed E-state index contributed by atoms with van der Waals surface area (Å²) in [6, 6.07) is 14.8. The largest absolute Gasteiger partial charge is 0.295 e. The van der Waals surface area contributed by atoms with Crippen LogP contribution in [0.15, 0.2) is 58.3 Å². The number of H-pyrrole nitrogens is 1. The van der Waals surface area contributed by atoms with Gasteiger partial charge in [-0.05, 0) is 65.9 Å². The van der Waals surface area contributed by atoms with Crippen LogP contribution in [0.1, 0.15) is 11.3 Å². The minimum Gasteiger partial charge on any atom is -0.295 e. The molecule has 0 aliphatic carbocycles. The second kappa shape index (κ2) is 6.72. The maximum Gasteiger partial charge on any atom is 0.280 e. The zero-order valence-electron chi connectivity index (χ0n) is 12.3. The molecule has 116 valence electrons. The number of aryl methyl sites for hydroxylation is 1. The van der Waals surface area contributed by atoms with Crippen molar-refractivity contribution in [3.05, 3.63) is 78.7 Å². The molecule has 0 bridgehead atoms. The number of nitrogens with one attached hydrogen (secondary N) is 1. The SMILES string of the molecule is Cc1[nH]n(-c2ccc(Cl)cc2)c(=O)c1C=Nc1ccccc1I. The second-order valence-corrected chi connectivity index (χ2v) is 6.58. The monoisotopic (exact) mass is 437 g/mol. The van der Waals surface area contributed by atoms with Crippen molar-refractivity contribution >= 4 is 46.1 Å². The van der Waals surface area contributed by atoms with Crippen LogP contribution in [0.4, 0.5) is 5.69 Å². The van der Waals surface area contributed by atoms with Crippen molar-refractivity contribution in [3.63, 3.8) is 0 Å². The Hall–Kier alpha value is -1.86. The Morgan fingerprint density at radius 1 is 1.17 bits per heavy atom. The first-order chi connectivity index (χ1) is 11.1. The Kier molecular flexibility index (Phi) is 4.68. The van der Waals surface area contributed by atoms with Crippen molar-refractivity contribution in [1.82, 2.24) is 9.78 Å². The molecule has 4 nitrogen and oxygen atoms in total. The lowest BCUT2D eigenvalue weighted by molar-refractivity contribution is 0.835. The second-order valence-electron chi connectivity index (χ2n) is 4.98. The zero-order chi connectivity index (χ0) is 16.4. The van der Waals surface area contributed by atoms with Crippen molar-refractivity contribution in [2.45, 2.75) is 6.92 Å². The van der Waals surface area contributed by atoms with Crippen LogP contribution in [-0.2, 0) is 0 Å². The summed E-state index contributed by atoms with van der Waals surface area (Å²) in [5, 5.41) is 3.70. The van der Waals surface area contributed by atoms with E-state index in [1.54, 1.807) is 30.5 Å². The summed E-state index contributed by atoms with van der Waals surface area (Å²) in [4.78, 5) is 17.0. The van der Waals surface area contributed by atoms with Gasteiger partial charge >= 0.3 is 0 Å². The Labute approximate surface area is 152 Å². The summed E-state index contributed by atoms with van der Waals surface area (Å²) >= 11 is 8.11. The number of para-hydroxylation sites is 1. The molecule has 6 heteroatoms. The van der Waals surface area contributed by atoms with Gasteiger partial charge in [-0.25, -0.2) is 4.68 Å². The van der Waals surface area contributed by atoms with Crippen molar-refractivity contribution in [3.8, 4) is 5.69 Å². The maximum atomic E-state index is 12.6. The molecule has 0 radical (unpaired) electrons. The van der Waals surface area contributed by atoms with E-state index in [4.69, 9.17) is 11.6 Å². The molecule has 0 unspecified atom stereocenters. The Morgan fingerprint density at radius 2 is 1.87 bits per heavy atom. The number of hydrogen-bond acceptors (Lipinski definition) is 2. The van der Waals surface area contributed by atoms with Crippen molar-refractivity contribution < 1.29 is 0 Å². The highest BCUT2D eigenvalue weighted by Gasteiger charge is 2.10. The van der Waals surface area contributed by atoms with Crippen LogP contribution in [-0.4, -0.2) is 16.0 Å². The van der Waals surface area contributed by atoms with E-state index in [0.29, 0.717) is 10.6 Å². The third-order valence-corrected chi connectivity index (χ3v) is 4.55. The van der Waals surface area contributed by atoms with Gasteiger partial charge in [0.1, 0.15) is 0 Å². The van der Waals surface area contributed by atoms with Gasteiger partial charge in [-0.15, -0.1) is 0 Å². The molecule has 2 aromatic carbocycles. The first-order valence-electron chi connectivity index (χ1n) is 6.92. The predicted molar refractivity (Wildman–Crippen MR) is 103 cm³/mol. The number of halogens is 2. The molecule has 0 spiro atoms. The first kappa shape index (κ1) is 16.0. The molecular weight excluding hydrogens is 425 g/mol. The van der Waals surface area contributed by atoms with E-state index in [0.717, 1.165) is 20.6 Å². The van der Waals surface area contributed by atoms with E-state index in [1.807, 2.05) is 31.2 Å². The van der Waals surface area contributed by atoms with Crippen LogP contribution in [0.5, 0.6) is 0 Å². The number of rotatable bonds is 3. The van der Waals surface area contributed by atoms with Gasteiger partial charge in [0.15, 0.2) is 0 Å². The molecule has 0 saturated carbocycles. The van der Waals surface area contributed by atoms with E-state index in [2.05, 4.69) is 32.7 Å². The fourth-order valence-electron chi connectivity index (χ4n) is 2.17. The minimum atomic E-state index is -0.139. The Balaban J connectivity index is 2.00. The summed E-state index contributed by atoms with van der Waals surface area (Å²) in [6.45, 7) is 1.85. The lowest BCUT2D eigenvalue weighted by atomic mass is 10.2. The predicted octanol–water partition coefficient (Wildman–Crippen LogP) is 4.48. The quantitative estimate of drug-likeness (QED) is 0.477. The fourth-order valence-corrected chi connectivity index (χ4v) is 2.83. The zero-order valence-corrected chi connectivity index (χ0v) is 15.2. The van der Waals surface area contributed by atoms with Gasteiger partial charge in [-0.1, -0.05) is 23.7 Å². The van der Waals surface area contributed by atoms with E-state index in [1.165, 1.54) is 4.68 Å². The van der Waals surface area contributed by atoms with Gasteiger partial charge in [0.25, 0.3) is 5.56 Å². The molecule has 0 fully saturated rings. The van der Waals surface area contributed by atoms with Crippen molar-refractivity contribution in [1.29, 1.82) is 0 Å². The average Bonchev–Trinajstić information content (AvgIpc) is 2.82. The minimum absolute atomic E-state index is 0.139. The lowest BCUT2D eigenvalue weighted by Crippen LogP contribution is -2.17. The summed E-state index contributed by atoms with van der Waals surface area (Å²) in [7, 11) is 0. The van der Waals surface area contributed by atoms with Crippen LogP contribution in [0, 0.1) is 10.5 Å². The number of aromatic nitrogens is 2. The standard InChI is InChI=1S/C17H13ClIN3O/c1-11-14(10-20-16-5-3-2-4-15(16)19)17(23)22(21-11)13-8-6-12(18)7-9-13/h2-10,21H,1H3. The highest BCUT2D eigenvalue weighted by molar-refractivity contribution is 14.1. The van der Waals surface area contributed by atoms with E-state index in [-0.39, 0.29) is 5.56 Å². The lowest BCUT2D eigenvalue weighted by Gasteiger charge is -2.00. The molecule has 0 aliphatic rings. The highest BCUT2D eigenvalue weighted by Crippen LogP contribution is 2.20. The number of hydrogen-bond donors (Lipinski definition) is 1. The van der Waals surface area contributed by atoms with Gasteiger partial charge in [0, 0.05) is 20.5 Å². The van der Waals surface area contributed by atoms with Gasteiger partial charge in [-0.3, -0.25) is 14.9 Å². The van der Waals surface area contributed by atoms with Gasteiger partial charge in [0.2, 0.25) is 0 Å². The van der Waals surface area contributed by atoms with Crippen LogP contribution in [0.2, 0.25) is 5.02 Å². The third kappa shape index (κ3) is 3.40. The normalized spacial score (nSPS) is 11.3. The molecule has 0 aliphatic heterocycles. The molecule has 0 atom stereocenters. The fraction of sp³-hybridized carbons (Fsp3) is 0.0588. The van der Waals surface area contributed by atoms with Gasteiger partial charge in [-0.2, -0.15) is 0 Å². The summed E-state index contributed by atoms with van der Waals surface area (Å²) < 4.78 is 2.52. The molecule has 23 heavy (non-hydrogen) atoms. The molecule has 0 amide bonds. The average molecular weight is 438 g/mol. The number of aliphatic imine (C=N–C) groups is 1. The van der Waals surface area contributed by atoms with Crippen LogP contribution in [0.3, 0.4) is 0 Å². The Bertz CT molecular complexity index is 926. The molecular formula is C17H13ClIN3O. The van der Waals surface area contributed by atoms with E-state index < -0.39 is 0 Å². The van der Waals surface area contributed by atoms with Crippen LogP contribution >= 0.6 is 34.2 Å². The molecule has 1 aromatic heterocycles. The number of nitrogens with zero attached hydrogens (tertiary/aromatic N) is 2. The highest BCUT2D eigenvalue weighted by atomic mass is 127. The van der Waals surface area contributed by atoms with Gasteiger partial charge in [0.05, 0.1) is 16.9 Å². The maximum absolute atomic E-state index is 12.6. The van der Waals surface area contributed by atoms with E-state index in [9.17, 15) is 4.79 Å². The van der Waals surface area contributed by atoms with Crippen LogP contribution in [0.25, 0.3) is 5.69 Å². The first-order valence-corrected chi connectivity index (χ1v) is 8.38. The van der Waals surface area contributed by atoms with Crippen LogP contribution < -0.4 is 5.56 Å².